The van der Waals surface area contributed by atoms with E-state index in [0.29, 0.717) is 6.54 Å². The number of aromatic nitrogens is 2. The highest BCUT2D eigenvalue weighted by molar-refractivity contribution is 6.09. The minimum absolute atomic E-state index is 0.0555. The van der Waals surface area contributed by atoms with Crippen LogP contribution in [0.2, 0.25) is 0 Å². The average Bonchev–Trinajstić information content (AvgIpc) is 3.39. The van der Waals surface area contributed by atoms with Crippen LogP contribution >= 0.6 is 0 Å². The zero-order valence-corrected chi connectivity index (χ0v) is 15.3. The third-order valence-corrected chi connectivity index (χ3v) is 6.32. The monoisotopic (exact) mass is 365 g/mol. The van der Waals surface area contributed by atoms with Crippen LogP contribution in [0.3, 0.4) is 0 Å². The van der Waals surface area contributed by atoms with Crippen LogP contribution in [0.1, 0.15) is 30.4 Å². The molecular formula is C20H23N5O2. The number of aryl methyl sites for hydroxylation is 1. The van der Waals surface area contributed by atoms with Crippen LogP contribution in [0.15, 0.2) is 36.7 Å². The molecule has 0 aliphatic carbocycles. The molecule has 4 heterocycles. The fourth-order valence-corrected chi connectivity index (χ4v) is 5.26. The number of anilines is 1. The number of amides is 2. The summed E-state index contributed by atoms with van der Waals surface area (Å²) in [7, 11) is 1.85. The highest BCUT2D eigenvalue weighted by atomic mass is 16.2. The van der Waals surface area contributed by atoms with Crippen molar-refractivity contribution >= 4 is 17.5 Å². The van der Waals surface area contributed by atoms with Gasteiger partial charge in [0.1, 0.15) is 5.54 Å². The van der Waals surface area contributed by atoms with E-state index in [1.54, 1.807) is 10.9 Å². The molecule has 7 heteroatoms. The quantitative estimate of drug-likeness (QED) is 0.861. The molecule has 0 saturated carbocycles. The third-order valence-electron chi connectivity index (χ3n) is 6.32. The summed E-state index contributed by atoms with van der Waals surface area (Å²) in [5, 5.41) is 10.2. The molecule has 2 fully saturated rings. The SMILES string of the molecule is Cn1cc(CNC(=O)[C@@H]2C[C@H]3CCCN3[C@]23C(=O)Nc2ccccc23)cn1. The van der Waals surface area contributed by atoms with Gasteiger partial charge in [0.2, 0.25) is 11.8 Å². The second-order valence-corrected chi connectivity index (χ2v) is 7.78. The smallest absolute Gasteiger partial charge is 0.250 e. The van der Waals surface area contributed by atoms with E-state index >= 15 is 0 Å². The summed E-state index contributed by atoms with van der Waals surface area (Å²) >= 11 is 0. The Morgan fingerprint density at radius 1 is 1.41 bits per heavy atom. The third kappa shape index (κ3) is 2.27. The number of nitrogens with zero attached hydrogens (tertiary/aromatic N) is 3. The zero-order chi connectivity index (χ0) is 18.6. The van der Waals surface area contributed by atoms with Gasteiger partial charge < -0.3 is 10.6 Å². The molecular weight excluding hydrogens is 342 g/mol. The lowest BCUT2D eigenvalue weighted by molar-refractivity contribution is -0.137. The second kappa shape index (κ2) is 5.92. The van der Waals surface area contributed by atoms with Crippen molar-refractivity contribution in [3.63, 3.8) is 0 Å². The Labute approximate surface area is 157 Å². The molecule has 2 aromatic rings. The molecule has 2 N–H and O–H groups in total. The van der Waals surface area contributed by atoms with Crippen molar-refractivity contribution in [2.75, 3.05) is 11.9 Å². The van der Waals surface area contributed by atoms with E-state index < -0.39 is 5.54 Å². The minimum atomic E-state index is -0.878. The van der Waals surface area contributed by atoms with Gasteiger partial charge in [0.05, 0.1) is 12.1 Å². The molecule has 3 aliphatic rings. The lowest BCUT2D eigenvalue weighted by Crippen LogP contribution is -2.54. The first-order valence-electron chi connectivity index (χ1n) is 9.53. The van der Waals surface area contributed by atoms with Gasteiger partial charge in [0.25, 0.3) is 0 Å². The fraction of sp³-hybridized carbons (Fsp3) is 0.450. The van der Waals surface area contributed by atoms with E-state index in [1.165, 1.54) is 0 Å². The number of nitrogens with one attached hydrogen (secondary N) is 2. The van der Waals surface area contributed by atoms with Gasteiger partial charge in [-0.2, -0.15) is 5.10 Å². The standard InChI is InChI=1S/C20H23N5O2/c1-24-12-13(11-22-24)10-21-18(26)16-9-14-5-4-8-25(14)20(16)15-6-2-3-7-17(15)23-19(20)27/h2-3,6-7,11-12,14,16H,4-5,8-10H2,1H3,(H,21,26)(H,23,27)/t14-,16+,20+/m1/s1. The number of benzene rings is 1. The van der Waals surface area contributed by atoms with Crippen LogP contribution in [-0.4, -0.2) is 39.1 Å². The van der Waals surface area contributed by atoms with Gasteiger partial charge in [-0.3, -0.25) is 19.2 Å². The van der Waals surface area contributed by atoms with Gasteiger partial charge in [-0.15, -0.1) is 0 Å². The fourth-order valence-electron chi connectivity index (χ4n) is 5.26. The molecule has 1 spiro atoms. The average molecular weight is 365 g/mol. The molecule has 3 atom stereocenters. The summed E-state index contributed by atoms with van der Waals surface area (Å²) in [5.41, 5.74) is 1.85. The number of hydrogen-bond acceptors (Lipinski definition) is 4. The van der Waals surface area contributed by atoms with Gasteiger partial charge >= 0.3 is 0 Å². The van der Waals surface area contributed by atoms with Gasteiger partial charge in [0, 0.05) is 42.6 Å². The molecule has 27 heavy (non-hydrogen) atoms. The van der Waals surface area contributed by atoms with Crippen LogP contribution < -0.4 is 10.6 Å². The number of rotatable bonds is 3. The summed E-state index contributed by atoms with van der Waals surface area (Å²) in [6.45, 7) is 1.28. The molecule has 140 valence electrons. The van der Waals surface area contributed by atoms with Gasteiger partial charge in [-0.1, -0.05) is 18.2 Å². The molecule has 5 rings (SSSR count). The lowest BCUT2D eigenvalue weighted by Gasteiger charge is -2.36. The maximum absolute atomic E-state index is 13.2. The predicted molar refractivity (Wildman–Crippen MR) is 99.6 cm³/mol. The van der Waals surface area contributed by atoms with E-state index in [2.05, 4.69) is 20.6 Å². The van der Waals surface area contributed by atoms with E-state index in [0.717, 1.165) is 42.6 Å². The van der Waals surface area contributed by atoms with Crippen LogP contribution in [0.25, 0.3) is 0 Å². The first-order valence-corrected chi connectivity index (χ1v) is 9.53. The molecule has 1 aromatic heterocycles. The van der Waals surface area contributed by atoms with Crippen molar-refractivity contribution in [3.05, 3.63) is 47.8 Å². The largest absolute Gasteiger partial charge is 0.352 e. The number of carbonyl (C=O) groups excluding carboxylic acids is 2. The molecule has 1 aromatic carbocycles. The van der Waals surface area contributed by atoms with Crippen LogP contribution in [0.4, 0.5) is 5.69 Å². The van der Waals surface area contributed by atoms with Crippen molar-refractivity contribution in [2.24, 2.45) is 13.0 Å². The molecule has 2 saturated heterocycles. The zero-order valence-electron chi connectivity index (χ0n) is 15.3. The Morgan fingerprint density at radius 2 is 2.26 bits per heavy atom. The van der Waals surface area contributed by atoms with Crippen LogP contribution in [0, 0.1) is 5.92 Å². The van der Waals surface area contributed by atoms with E-state index in [1.807, 2.05) is 37.5 Å². The highest BCUT2D eigenvalue weighted by Crippen LogP contribution is 2.55. The second-order valence-electron chi connectivity index (χ2n) is 7.78. The van der Waals surface area contributed by atoms with E-state index in [4.69, 9.17) is 0 Å². The highest BCUT2D eigenvalue weighted by Gasteiger charge is 2.65. The molecule has 2 amide bonds. The summed E-state index contributed by atoms with van der Waals surface area (Å²) in [6.07, 6.45) is 6.48. The first kappa shape index (κ1) is 16.5. The molecule has 0 radical (unpaired) electrons. The van der Waals surface area contributed by atoms with Gasteiger partial charge in [0.15, 0.2) is 0 Å². The topological polar surface area (TPSA) is 79.3 Å². The van der Waals surface area contributed by atoms with Gasteiger partial charge in [-0.05, 0) is 31.9 Å². The first-order chi connectivity index (χ1) is 13.1. The van der Waals surface area contributed by atoms with E-state index in [-0.39, 0.29) is 23.8 Å². The molecule has 3 aliphatic heterocycles. The van der Waals surface area contributed by atoms with Crippen molar-refractivity contribution in [1.82, 2.24) is 20.0 Å². The Morgan fingerprint density at radius 3 is 3.07 bits per heavy atom. The number of hydrogen-bond donors (Lipinski definition) is 2. The van der Waals surface area contributed by atoms with Crippen LogP contribution in [-0.2, 0) is 28.7 Å². The van der Waals surface area contributed by atoms with Crippen molar-refractivity contribution < 1.29 is 9.59 Å². The minimum Gasteiger partial charge on any atom is -0.352 e. The van der Waals surface area contributed by atoms with Gasteiger partial charge in [-0.25, -0.2) is 0 Å². The normalized spacial score (nSPS) is 29.0. The molecule has 7 nitrogen and oxygen atoms in total. The summed E-state index contributed by atoms with van der Waals surface area (Å²) in [4.78, 5) is 28.8. The Kier molecular flexibility index (Phi) is 3.62. The molecule has 0 unspecified atom stereocenters. The van der Waals surface area contributed by atoms with Crippen molar-refractivity contribution in [2.45, 2.75) is 37.4 Å². The Balaban J connectivity index is 1.50. The number of para-hydroxylation sites is 1. The maximum Gasteiger partial charge on any atom is 0.250 e. The Hall–Kier alpha value is -2.67. The molecule has 0 bridgehead atoms. The lowest BCUT2D eigenvalue weighted by atomic mass is 9.78. The summed E-state index contributed by atoms with van der Waals surface area (Å²) in [5.74, 6) is -0.502. The number of carbonyl (C=O) groups is 2. The van der Waals surface area contributed by atoms with Crippen LogP contribution in [0.5, 0.6) is 0 Å². The van der Waals surface area contributed by atoms with Crippen molar-refractivity contribution in [3.8, 4) is 0 Å². The summed E-state index contributed by atoms with van der Waals surface area (Å²) < 4.78 is 1.72. The maximum atomic E-state index is 13.2. The van der Waals surface area contributed by atoms with Crippen molar-refractivity contribution in [1.29, 1.82) is 0 Å². The summed E-state index contributed by atoms with van der Waals surface area (Å²) in [6, 6.07) is 8.09. The Bertz CT molecular complexity index is 923. The van der Waals surface area contributed by atoms with E-state index in [9.17, 15) is 9.59 Å². The number of fused-ring (bicyclic) bond motifs is 4. The predicted octanol–water partition coefficient (Wildman–Crippen LogP) is 1.37.